The number of nitrogens with zero attached hydrogens (tertiary/aromatic N) is 4. The summed E-state index contributed by atoms with van der Waals surface area (Å²) >= 11 is 0. The lowest BCUT2D eigenvalue weighted by molar-refractivity contribution is -0.384. The van der Waals surface area contributed by atoms with Gasteiger partial charge in [-0.25, -0.2) is 9.78 Å². The average Bonchev–Trinajstić information content (AvgIpc) is 3.46. The van der Waals surface area contributed by atoms with Crippen LogP contribution in [-0.4, -0.2) is 25.4 Å². The zero-order chi connectivity index (χ0) is 23.2. The van der Waals surface area contributed by atoms with Crippen LogP contribution in [-0.2, 0) is 11.2 Å². The smallest absolute Gasteiger partial charge is 0.338 e. The summed E-state index contributed by atoms with van der Waals surface area (Å²) in [5, 5.41) is 11.0. The van der Waals surface area contributed by atoms with Crippen LogP contribution < -0.4 is 0 Å². The van der Waals surface area contributed by atoms with Crippen molar-refractivity contribution in [3.8, 4) is 11.3 Å². The average molecular weight is 452 g/mol. The first kappa shape index (κ1) is 20.3. The highest BCUT2D eigenvalue weighted by Crippen LogP contribution is 2.50. The molecule has 2 aromatic carbocycles. The molecule has 0 saturated heterocycles. The molecule has 6 rings (SSSR count). The molecule has 8 heteroatoms. The molecule has 0 amide bonds. The van der Waals surface area contributed by atoms with Crippen molar-refractivity contribution in [1.29, 1.82) is 0 Å². The van der Waals surface area contributed by atoms with Crippen molar-refractivity contribution in [1.82, 2.24) is 14.5 Å². The quantitative estimate of drug-likeness (QED) is 0.248. The minimum absolute atomic E-state index is 0.0430. The summed E-state index contributed by atoms with van der Waals surface area (Å²) in [6.45, 7) is 0. The lowest BCUT2D eigenvalue weighted by atomic mass is 9.77. The summed E-state index contributed by atoms with van der Waals surface area (Å²) in [6, 6.07) is 17.6. The van der Waals surface area contributed by atoms with Crippen molar-refractivity contribution in [2.24, 2.45) is 5.92 Å². The number of aryl methyl sites for hydroxylation is 1. The van der Waals surface area contributed by atoms with Crippen molar-refractivity contribution >= 4 is 11.7 Å². The Morgan fingerprint density at radius 1 is 1.09 bits per heavy atom. The van der Waals surface area contributed by atoms with Gasteiger partial charge in [-0.1, -0.05) is 30.3 Å². The van der Waals surface area contributed by atoms with E-state index in [0.29, 0.717) is 0 Å². The molecule has 4 aromatic rings. The van der Waals surface area contributed by atoms with E-state index < -0.39 is 17.0 Å². The summed E-state index contributed by atoms with van der Waals surface area (Å²) in [7, 11) is 0. The van der Waals surface area contributed by atoms with Crippen LogP contribution in [0, 0.1) is 16.0 Å². The number of non-ortho nitro benzene ring substituents is 1. The second-order valence-electron chi connectivity index (χ2n) is 8.60. The van der Waals surface area contributed by atoms with E-state index in [9.17, 15) is 14.9 Å². The molecule has 168 valence electrons. The van der Waals surface area contributed by atoms with Gasteiger partial charge in [0.15, 0.2) is 0 Å². The summed E-state index contributed by atoms with van der Waals surface area (Å²) in [5.74, 6) is -0.582. The number of hydrogen-bond acceptors (Lipinski definition) is 6. The highest BCUT2D eigenvalue weighted by molar-refractivity contribution is 5.89. The van der Waals surface area contributed by atoms with Crippen molar-refractivity contribution in [2.75, 3.05) is 0 Å². The van der Waals surface area contributed by atoms with Gasteiger partial charge in [0, 0.05) is 29.8 Å². The van der Waals surface area contributed by atoms with Gasteiger partial charge >= 0.3 is 5.97 Å². The Bertz CT molecular complexity index is 1410. The Balaban J connectivity index is 1.40. The molecule has 0 radical (unpaired) electrons. The standard InChI is InChI=1S/C26H20N4O4/c31-26(17-7-10-18(11-8-17)30(32)33)34-25-21(12-9-16-4-3-13-28-23(16)25)24-20-6-2-1-5-19(20)22-14-27-15-29(22)24/h1-8,10-11,13-15,21,24-25H,9,12H2/t21?,24?,25-/m0/s1. The van der Waals surface area contributed by atoms with Gasteiger partial charge in [-0.15, -0.1) is 0 Å². The van der Waals surface area contributed by atoms with Crippen LogP contribution in [0.2, 0.25) is 0 Å². The number of pyridine rings is 1. The van der Waals surface area contributed by atoms with Gasteiger partial charge in [-0.05, 0) is 42.2 Å². The Morgan fingerprint density at radius 3 is 2.74 bits per heavy atom. The first-order chi connectivity index (χ1) is 16.6. The van der Waals surface area contributed by atoms with Crippen LogP contribution in [0.4, 0.5) is 5.69 Å². The maximum Gasteiger partial charge on any atom is 0.338 e. The SMILES string of the molecule is O=C(O[C@@H]1c2ncccc2CCC1C1c2ccccc2-c2cncn21)c1ccc([N+](=O)[O-])cc1. The van der Waals surface area contributed by atoms with E-state index in [4.69, 9.17) is 4.74 Å². The van der Waals surface area contributed by atoms with Crippen LogP contribution in [0.3, 0.4) is 0 Å². The third kappa shape index (κ3) is 3.18. The lowest BCUT2D eigenvalue weighted by Gasteiger charge is -2.36. The van der Waals surface area contributed by atoms with Gasteiger partial charge < -0.3 is 9.30 Å². The fourth-order valence-corrected chi connectivity index (χ4v) is 5.27. The van der Waals surface area contributed by atoms with Crippen molar-refractivity contribution in [3.05, 3.63) is 112 Å². The maximum absolute atomic E-state index is 13.2. The number of nitro groups is 1. The molecular formula is C26H20N4O4. The predicted molar refractivity (Wildman–Crippen MR) is 123 cm³/mol. The number of carbonyl (C=O) groups is 1. The predicted octanol–water partition coefficient (Wildman–Crippen LogP) is 4.92. The van der Waals surface area contributed by atoms with Crippen LogP contribution in [0.15, 0.2) is 79.4 Å². The zero-order valence-corrected chi connectivity index (χ0v) is 18.1. The number of ether oxygens (including phenoxy) is 1. The molecule has 0 saturated carbocycles. The fraction of sp³-hybridized carbons (Fsp3) is 0.192. The minimum Gasteiger partial charge on any atom is -0.452 e. The number of carbonyl (C=O) groups excluding carboxylic acids is 1. The topological polar surface area (TPSA) is 100 Å². The summed E-state index contributed by atoms with van der Waals surface area (Å²) in [6.07, 6.45) is 6.50. The number of benzene rings is 2. The lowest BCUT2D eigenvalue weighted by Crippen LogP contribution is -2.32. The molecule has 3 atom stereocenters. The fourth-order valence-electron chi connectivity index (χ4n) is 5.27. The molecule has 1 aliphatic heterocycles. The van der Waals surface area contributed by atoms with E-state index in [0.717, 1.165) is 35.4 Å². The normalized spacial score (nSPS) is 20.2. The molecule has 34 heavy (non-hydrogen) atoms. The maximum atomic E-state index is 13.2. The van der Waals surface area contributed by atoms with Crippen LogP contribution >= 0.6 is 0 Å². The van der Waals surface area contributed by atoms with Gasteiger partial charge in [-0.3, -0.25) is 15.1 Å². The first-order valence-electron chi connectivity index (χ1n) is 11.1. The number of hydrogen-bond donors (Lipinski definition) is 0. The molecule has 1 aliphatic carbocycles. The Labute approximate surface area is 195 Å². The number of aromatic nitrogens is 3. The molecule has 0 spiro atoms. The van der Waals surface area contributed by atoms with Gasteiger partial charge in [0.2, 0.25) is 0 Å². The second kappa shape index (κ2) is 7.91. The Morgan fingerprint density at radius 2 is 1.91 bits per heavy atom. The van der Waals surface area contributed by atoms with E-state index in [1.807, 2.05) is 36.8 Å². The summed E-state index contributed by atoms with van der Waals surface area (Å²) < 4.78 is 8.29. The molecule has 0 N–H and O–H groups in total. The molecule has 0 bridgehead atoms. The van der Waals surface area contributed by atoms with E-state index in [-0.39, 0.29) is 23.2 Å². The Kier molecular flexibility index (Phi) is 4.72. The van der Waals surface area contributed by atoms with E-state index >= 15 is 0 Å². The summed E-state index contributed by atoms with van der Waals surface area (Å²) in [4.78, 5) is 32.6. The Hall–Kier alpha value is -4.33. The van der Waals surface area contributed by atoms with Crippen LogP contribution in [0.5, 0.6) is 0 Å². The molecule has 3 heterocycles. The van der Waals surface area contributed by atoms with Gasteiger partial charge in [0.1, 0.15) is 6.10 Å². The third-order valence-corrected chi connectivity index (χ3v) is 6.81. The monoisotopic (exact) mass is 452 g/mol. The first-order valence-corrected chi connectivity index (χ1v) is 11.1. The second-order valence-corrected chi connectivity index (χ2v) is 8.60. The highest BCUT2D eigenvalue weighted by Gasteiger charge is 2.43. The number of esters is 1. The van der Waals surface area contributed by atoms with Crippen LogP contribution in [0.1, 0.15) is 45.7 Å². The number of rotatable bonds is 4. The van der Waals surface area contributed by atoms with Crippen molar-refractivity contribution in [2.45, 2.75) is 25.0 Å². The molecule has 2 aromatic heterocycles. The van der Waals surface area contributed by atoms with Gasteiger partial charge in [0.25, 0.3) is 5.69 Å². The van der Waals surface area contributed by atoms with E-state index in [1.54, 1.807) is 6.20 Å². The molecule has 2 aliphatic rings. The third-order valence-electron chi connectivity index (χ3n) is 6.81. The summed E-state index contributed by atoms with van der Waals surface area (Å²) in [5.41, 5.74) is 5.39. The van der Waals surface area contributed by atoms with Gasteiger partial charge in [-0.2, -0.15) is 0 Å². The molecular weight excluding hydrogens is 432 g/mol. The van der Waals surface area contributed by atoms with Crippen molar-refractivity contribution in [3.63, 3.8) is 0 Å². The van der Waals surface area contributed by atoms with Crippen molar-refractivity contribution < 1.29 is 14.5 Å². The number of nitro benzene ring substituents is 1. The molecule has 2 unspecified atom stereocenters. The number of fused-ring (bicyclic) bond motifs is 4. The highest BCUT2D eigenvalue weighted by atomic mass is 16.6. The largest absolute Gasteiger partial charge is 0.452 e. The molecule has 8 nitrogen and oxygen atoms in total. The van der Waals surface area contributed by atoms with Crippen LogP contribution in [0.25, 0.3) is 11.3 Å². The van der Waals surface area contributed by atoms with E-state index in [2.05, 4.69) is 26.7 Å². The zero-order valence-electron chi connectivity index (χ0n) is 18.1. The molecule has 0 fully saturated rings. The minimum atomic E-state index is -0.570. The van der Waals surface area contributed by atoms with Gasteiger partial charge in [0.05, 0.1) is 40.4 Å². The number of imidazole rings is 1. The van der Waals surface area contributed by atoms with E-state index in [1.165, 1.54) is 29.8 Å².